The van der Waals surface area contributed by atoms with Crippen molar-refractivity contribution in [2.24, 2.45) is 0 Å². The Bertz CT molecular complexity index is 205. The van der Waals surface area contributed by atoms with Gasteiger partial charge in [-0.15, -0.1) is 0 Å². The molecule has 0 aromatic carbocycles. The maximum absolute atomic E-state index is 10.2. The van der Waals surface area contributed by atoms with E-state index in [-0.39, 0.29) is 13.0 Å². The van der Waals surface area contributed by atoms with Crippen molar-refractivity contribution in [1.29, 1.82) is 0 Å². The Balaban J connectivity index is 4.05. The Morgan fingerprint density at radius 2 is 2.00 bits per heavy atom. The van der Waals surface area contributed by atoms with Gasteiger partial charge in [-0.1, -0.05) is 5.57 Å². The van der Waals surface area contributed by atoms with Gasteiger partial charge in [0.15, 0.2) is 0 Å². The van der Waals surface area contributed by atoms with Crippen LogP contribution in [0.3, 0.4) is 0 Å². The molecule has 0 aromatic rings. The Morgan fingerprint density at radius 3 is 2.42 bits per heavy atom. The summed E-state index contributed by atoms with van der Waals surface area (Å²) < 4.78 is 4.47. The van der Waals surface area contributed by atoms with E-state index in [1.54, 1.807) is 13.8 Å². The first-order valence-electron chi connectivity index (χ1n) is 3.50. The molecule has 0 radical (unpaired) electrons. The van der Waals surface area contributed by atoms with Crippen LogP contribution < -0.4 is 0 Å². The average molecular weight is 172 g/mol. The molecule has 0 fully saturated rings. The monoisotopic (exact) mass is 172 g/mol. The van der Waals surface area contributed by atoms with E-state index >= 15 is 0 Å². The highest BCUT2D eigenvalue weighted by Gasteiger charge is 2.02. The van der Waals surface area contributed by atoms with E-state index in [0.717, 1.165) is 11.1 Å². The van der Waals surface area contributed by atoms with Crippen LogP contribution in [0.1, 0.15) is 20.3 Å². The van der Waals surface area contributed by atoms with Crippen LogP contribution in [0.4, 0.5) is 0 Å². The summed E-state index contributed by atoms with van der Waals surface area (Å²) in [5.74, 6) is -0.877. The highest BCUT2D eigenvalue weighted by atomic mass is 16.5. The molecule has 4 heteroatoms. The van der Waals surface area contributed by atoms with Gasteiger partial charge in [0, 0.05) is 0 Å². The van der Waals surface area contributed by atoms with Crippen molar-refractivity contribution >= 4 is 12.4 Å². The molecule has 0 heterocycles. The van der Waals surface area contributed by atoms with E-state index in [4.69, 9.17) is 5.11 Å². The number of ether oxygens (including phenoxy) is 1. The maximum atomic E-state index is 10.2. The van der Waals surface area contributed by atoms with E-state index in [2.05, 4.69) is 4.74 Å². The number of carbonyl (C=O) groups excluding carboxylic acids is 1. The lowest BCUT2D eigenvalue weighted by atomic mass is 10.1. The minimum Gasteiger partial charge on any atom is -0.481 e. The Hall–Kier alpha value is -1.32. The van der Waals surface area contributed by atoms with Gasteiger partial charge in [0.1, 0.15) is 6.61 Å². The van der Waals surface area contributed by atoms with Crippen molar-refractivity contribution in [3.63, 3.8) is 0 Å². The standard InChI is InChI=1S/C8H12O4/c1-6(3-8(10)11)7(2)4-12-5-9/h5H,3-4H2,1-2H3,(H,10,11)/b7-6-. The van der Waals surface area contributed by atoms with Crippen LogP contribution in [0, 0.1) is 0 Å². The summed E-state index contributed by atoms with van der Waals surface area (Å²) in [7, 11) is 0. The molecule has 0 spiro atoms. The van der Waals surface area contributed by atoms with Gasteiger partial charge in [0.05, 0.1) is 6.42 Å². The van der Waals surface area contributed by atoms with Crippen molar-refractivity contribution in [2.75, 3.05) is 6.61 Å². The molecular formula is C8H12O4. The fourth-order valence-electron chi connectivity index (χ4n) is 0.660. The number of aliphatic carboxylic acids is 1. The molecule has 0 aromatic heterocycles. The second-order valence-electron chi connectivity index (χ2n) is 2.54. The smallest absolute Gasteiger partial charge is 0.307 e. The number of carboxylic acids is 1. The molecule has 0 saturated heterocycles. The summed E-state index contributed by atoms with van der Waals surface area (Å²) in [5, 5.41) is 8.41. The van der Waals surface area contributed by atoms with E-state index in [9.17, 15) is 9.59 Å². The second-order valence-corrected chi connectivity index (χ2v) is 2.54. The number of carbonyl (C=O) groups is 2. The normalized spacial score (nSPS) is 11.8. The zero-order valence-corrected chi connectivity index (χ0v) is 7.16. The average Bonchev–Trinajstić information content (AvgIpc) is 1.98. The summed E-state index contributed by atoms with van der Waals surface area (Å²) in [4.78, 5) is 20.0. The highest BCUT2D eigenvalue weighted by molar-refractivity contribution is 5.70. The molecule has 0 rings (SSSR count). The predicted molar refractivity (Wildman–Crippen MR) is 42.6 cm³/mol. The molecule has 12 heavy (non-hydrogen) atoms. The summed E-state index contributed by atoms with van der Waals surface area (Å²) in [6.07, 6.45) is -0.00590. The largest absolute Gasteiger partial charge is 0.481 e. The minimum absolute atomic E-state index is 0.00590. The van der Waals surface area contributed by atoms with Crippen LogP contribution in [-0.2, 0) is 14.3 Å². The fraction of sp³-hybridized carbons (Fsp3) is 0.500. The third kappa shape index (κ3) is 4.49. The number of carboxylic acid groups (broad SMARTS) is 1. The van der Waals surface area contributed by atoms with Crippen LogP contribution in [-0.4, -0.2) is 24.2 Å². The summed E-state index contributed by atoms with van der Waals surface area (Å²) in [6.45, 7) is 3.96. The van der Waals surface area contributed by atoms with Crippen LogP contribution in [0.2, 0.25) is 0 Å². The van der Waals surface area contributed by atoms with Gasteiger partial charge in [-0.25, -0.2) is 0 Å². The van der Waals surface area contributed by atoms with Crippen molar-refractivity contribution in [2.45, 2.75) is 20.3 Å². The van der Waals surface area contributed by atoms with E-state index in [1.807, 2.05) is 0 Å². The number of rotatable bonds is 5. The summed E-state index contributed by atoms with van der Waals surface area (Å²) in [5.41, 5.74) is 1.51. The molecule has 0 saturated carbocycles. The van der Waals surface area contributed by atoms with Gasteiger partial charge in [0.25, 0.3) is 6.47 Å². The topological polar surface area (TPSA) is 63.6 Å². The van der Waals surface area contributed by atoms with Crippen molar-refractivity contribution in [3.8, 4) is 0 Å². The maximum Gasteiger partial charge on any atom is 0.307 e. The lowest BCUT2D eigenvalue weighted by Crippen LogP contribution is -2.01. The Kier molecular flexibility index (Phi) is 4.76. The number of hydrogen-bond donors (Lipinski definition) is 1. The first-order chi connectivity index (χ1) is 5.57. The fourth-order valence-corrected chi connectivity index (χ4v) is 0.660. The molecule has 4 nitrogen and oxygen atoms in total. The molecule has 0 aliphatic rings. The number of hydrogen-bond acceptors (Lipinski definition) is 3. The lowest BCUT2D eigenvalue weighted by molar-refractivity contribution is -0.136. The van der Waals surface area contributed by atoms with Crippen molar-refractivity contribution < 1.29 is 19.4 Å². The second kappa shape index (κ2) is 5.35. The minimum atomic E-state index is -0.877. The predicted octanol–water partition coefficient (Wildman–Crippen LogP) is 0.970. The molecule has 0 amide bonds. The summed E-state index contributed by atoms with van der Waals surface area (Å²) in [6, 6.07) is 0. The first-order valence-corrected chi connectivity index (χ1v) is 3.50. The molecule has 0 bridgehead atoms. The van der Waals surface area contributed by atoms with Gasteiger partial charge in [-0.2, -0.15) is 0 Å². The zero-order valence-electron chi connectivity index (χ0n) is 7.16. The van der Waals surface area contributed by atoms with E-state index in [1.165, 1.54) is 0 Å². The van der Waals surface area contributed by atoms with Crippen molar-refractivity contribution in [1.82, 2.24) is 0 Å². The van der Waals surface area contributed by atoms with Gasteiger partial charge in [-0.3, -0.25) is 9.59 Å². The van der Waals surface area contributed by atoms with Gasteiger partial charge in [-0.05, 0) is 19.4 Å². The first kappa shape index (κ1) is 10.7. The van der Waals surface area contributed by atoms with Crippen LogP contribution in [0.25, 0.3) is 0 Å². The molecular weight excluding hydrogens is 160 g/mol. The van der Waals surface area contributed by atoms with E-state index in [0.29, 0.717) is 6.47 Å². The van der Waals surface area contributed by atoms with Gasteiger partial charge >= 0.3 is 5.97 Å². The van der Waals surface area contributed by atoms with Crippen LogP contribution >= 0.6 is 0 Å². The highest BCUT2D eigenvalue weighted by Crippen LogP contribution is 2.07. The molecule has 0 aliphatic heterocycles. The molecule has 0 aliphatic carbocycles. The van der Waals surface area contributed by atoms with Gasteiger partial charge in [0.2, 0.25) is 0 Å². The summed E-state index contributed by atoms with van der Waals surface area (Å²) >= 11 is 0. The lowest BCUT2D eigenvalue weighted by Gasteiger charge is -2.03. The van der Waals surface area contributed by atoms with Gasteiger partial charge < -0.3 is 9.84 Å². The van der Waals surface area contributed by atoms with Crippen molar-refractivity contribution in [3.05, 3.63) is 11.1 Å². The van der Waals surface area contributed by atoms with Crippen LogP contribution in [0.15, 0.2) is 11.1 Å². The molecule has 68 valence electrons. The molecule has 1 N–H and O–H groups in total. The SMILES string of the molecule is C/C(COC=O)=C(\C)CC(=O)O. The van der Waals surface area contributed by atoms with Crippen LogP contribution in [0.5, 0.6) is 0 Å². The molecule has 0 atom stereocenters. The van der Waals surface area contributed by atoms with E-state index < -0.39 is 5.97 Å². The quantitative estimate of drug-likeness (QED) is 0.495. The third-order valence-electron chi connectivity index (χ3n) is 1.51. The third-order valence-corrected chi connectivity index (χ3v) is 1.51. The zero-order chi connectivity index (χ0) is 9.56. The Labute approximate surface area is 70.8 Å². The molecule has 0 unspecified atom stereocenters. The Morgan fingerprint density at radius 1 is 1.42 bits per heavy atom.